The summed E-state index contributed by atoms with van der Waals surface area (Å²) in [6.07, 6.45) is 2.40. The molecule has 7 heteroatoms. The van der Waals surface area contributed by atoms with Gasteiger partial charge in [-0.05, 0) is 67.9 Å². The molecule has 0 aliphatic carbocycles. The van der Waals surface area contributed by atoms with Crippen molar-refractivity contribution in [1.29, 1.82) is 0 Å². The summed E-state index contributed by atoms with van der Waals surface area (Å²) >= 11 is 0. The van der Waals surface area contributed by atoms with E-state index in [0.29, 0.717) is 25.1 Å². The third-order valence-corrected chi connectivity index (χ3v) is 5.45. The van der Waals surface area contributed by atoms with Crippen LogP contribution in [-0.2, 0) is 4.79 Å². The van der Waals surface area contributed by atoms with E-state index in [0.717, 1.165) is 22.2 Å². The van der Waals surface area contributed by atoms with Gasteiger partial charge < -0.3 is 15.8 Å². The van der Waals surface area contributed by atoms with Crippen LogP contribution in [0.15, 0.2) is 79.0 Å². The molecule has 170 valence electrons. The molecule has 0 radical (unpaired) electrons. The predicted molar refractivity (Wildman–Crippen MR) is 127 cm³/mol. The molecule has 0 unspecified atom stereocenters. The number of amides is 1. The Hall–Kier alpha value is -3.71. The highest BCUT2D eigenvalue weighted by Crippen LogP contribution is 2.29. The summed E-state index contributed by atoms with van der Waals surface area (Å²) in [5.41, 5.74) is 8.14. The minimum absolute atomic E-state index is 0.0477. The van der Waals surface area contributed by atoms with E-state index in [1.54, 1.807) is 23.0 Å². The Morgan fingerprint density at radius 1 is 1.12 bits per heavy atom. The second kappa shape index (κ2) is 10.3. The van der Waals surface area contributed by atoms with E-state index in [2.05, 4.69) is 10.4 Å². The zero-order chi connectivity index (χ0) is 23.2. The lowest BCUT2D eigenvalue weighted by molar-refractivity contribution is -0.122. The van der Waals surface area contributed by atoms with Crippen molar-refractivity contribution >= 4 is 16.8 Å². The van der Waals surface area contributed by atoms with Crippen molar-refractivity contribution in [2.75, 3.05) is 6.54 Å². The van der Waals surface area contributed by atoms with Gasteiger partial charge in [-0.25, -0.2) is 9.07 Å². The highest BCUT2D eigenvalue weighted by atomic mass is 19.1. The molecule has 1 aromatic heterocycles. The molecular weight excluding hydrogens is 419 g/mol. The van der Waals surface area contributed by atoms with Gasteiger partial charge in [0.05, 0.1) is 23.4 Å². The molecule has 3 aromatic carbocycles. The van der Waals surface area contributed by atoms with Crippen LogP contribution in [0.5, 0.6) is 5.75 Å². The Bertz CT molecular complexity index is 1210. The van der Waals surface area contributed by atoms with E-state index < -0.39 is 0 Å². The normalized spacial score (nSPS) is 12.9. The van der Waals surface area contributed by atoms with Crippen LogP contribution in [0.3, 0.4) is 0 Å². The van der Waals surface area contributed by atoms with Crippen molar-refractivity contribution < 1.29 is 13.9 Å². The van der Waals surface area contributed by atoms with Crippen molar-refractivity contribution in [3.63, 3.8) is 0 Å². The number of nitrogens with one attached hydrogen (secondary N) is 1. The van der Waals surface area contributed by atoms with Crippen molar-refractivity contribution in [2.45, 2.75) is 31.9 Å². The molecule has 0 aliphatic rings. The number of aromatic nitrogens is 2. The molecular formula is C26H27FN4O2. The SMILES string of the molecule is C[C@H](NC(=O)CCCN)[C@H](Oc1ccc2c(cnn2-c2ccc(F)cc2)c1)c1ccccc1. The first-order chi connectivity index (χ1) is 16.0. The second-order valence-corrected chi connectivity index (χ2v) is 7.95. The number of nitrogens with zero attached hydrogens (tertiary/aromatic N) is 2. The minimum atomic E-state index is -0.377. The van der Waals surface area contributed by atoms with Gasteiger partial charge in [0.15, 0.2) is 0 Å². The van der Waals surface area contributed by atoms with E-state index in [-0.39, 0.29) is 23.9 Å². The lowest BCUT2D eigenvalue weighted by Crippen LogP contribution is -2.39. The standard InChI is InChI=1S/C26H27FN4O2/c1-18(30-25(32)8-5-15-28)26(19-6-3-2-4-7-19)33-23-13-14-24-20(16-23)17-29-31(24)22-11-9-21(27)10-12-22/h2-4,6-7,9-14,16-18,26H,5,8,15,28H2,1H3,(H,30,32)/t18-,26-/m0/s1. The number of hydrogen-bond donors (Lipinski definition) is 2. The molecule has 1 amide bonds. The average molecular weight is 447 g/mol. The topological polar surface area (TPSA) is 82.2 Å². The molecule has 1 heterocycles. The molecule has 0 bridgehead atoms. The van der Waals surface area contributed by atoms with Gasteiger partial charge in [0.1, 0.15) is 17.7 Å². The largest absolute Gasteiger partial charge is 0.484 e. The Labute approximate surface area is 192 Å². The summed E-state index contributed by atoms with van der Waals surface area (Å²) in [7, 11) is 0. The summed E-state index contributed by atoms with van der Waals surface area (Å²) in [6, 6.07) is 21.5. The predicted octanol–water partition coefficient (Wildman–Crippen LogP) is 4.53. The van der Waals surface area contributed by atoms with Gasteiger partial charge in [-0.15, -0.1) is 0 Å². The van der Waals surface area contributed by atoms with E-state index in [1.165, 1.54) is 12.1 Å². The quantitative estimate of drug-likeness (QED) is 0.396. The van der Waals surface area contributed by atoms with Gasteiger partial charge in [0.2, 0.25) is 5.91 Å². The van der Waals surface area contributed by atoms with E-state index in [1.807, 2.05) is 55.5 Å². The summed E-state index contributed by atoms with van der Waals surface area (Å²) in [5, 5.41) is 8.37. The number of carbonyl (C=O) groups excluding carboxylic acids is 1. The lowest BCUT2D eigenvalue weighted by Gasteiger charge is -2.26. The number of halogens is 1. The Kier molecular flexibility index (Phi) is 7.00. The van der Waals surface area contributed by atoms with Gasteiger partial charge in [0.25, 0.3) is 0 Å². The molecule has 2 atom stereocenters. The third kappa shape index (κ3) is 5.38. The Balaban J connectivity index is 1.58. The van der Waals surface area contributed by atoms with Gasteiger partial charge in [-0.1, -0.05) is 30.3 Å². The first kappa shape index (κ1) is 22.5. The fourth-order valence-corrected chi connectivity index (χ4v) is 3.78. The fourth-order valence-electron chi connectivity index (χ4n) is 3.78. The van der Waals surface area contributed by atoms with Gasteiger partial charge in [0, 0.05) is 11.8 Å². The van der Waals surface area contributed by atoms with Crippen molar-refractivity contribution in [3.05, 3.63) is 90.4 Å². The Morgan fingerprint density at radius 3 is 2.61 bits per heavy atom. The lowest BCUT2D eigenvalue weighted by atomic mass is 10.0. The number of hydrogen-bond acceptors (Lipinski definition) is 4. The van der Waals surface area contributed by atoms with Crippen molar-refractivity contribution in [3.8, 4) is 11.4 Å². The smallest absolute Gasteiger partial charge is 0.220 e. The van der Waals surface area contributed by atoms with Crippen LogP contribution in [-0.4, -0.2) is 28.3 Å². The summed E-state index contributed by atoms with van der Waals surface area (Å²) in [4.78, 5) is 12.3. The zero-order valence-electron chi connectivity index (χ0n) is 18.4. The second-order valence-electron chi connectivity index (χ2n) is 7.95. The maximum Gasteiger partial charge on any atom is 0.220 e. The zero-order valence-corrected chi connectivity index (χ0v) is 18.4. The van der Waals surface area contributed by atoms with Crippen LogP contribution >= 0.6 is 0 Å². The van der Waals surface area contributed by atoms with Gasteiger partial charge >= 0.3 is 0 Å². The van der Waals surface area contributed by atoms with Crippen molar-refractivity contribution in [2.24, 2.45) is 5.73 Å². The molecule has 0 spiro atoms. The number of carbonyl (C=O) groups is 1. The molecule has 0 saturated heterocycles. The van der Waals surface area contributed by atoms with E-state index >= 15 is 0 Å². The molecule has 33 heavy (non-hydrogen) atoms. The summed E-state index contributed by atoms with van der Waals surface area (Å²) in [5.74, 6) is 0.327. The molecule has 0 saturated carbocycles. The first-order valence-corrected chi connectivity index (χ1v) is 11.0. The molecule has 4 aromatic rings. The maximum atomic E-state index is 13.3. The van der Waals surface area contributed by atoms with Crippen LogP contribution in [0, 0.1) is 5.82 Å². The fraction of sp³-hybridized carbons (Fsp3) is 0.231. The number of rotatable bonds is 9. The van der Waals surface area contributed by atoms with E-state index in [9.17, 15) is 9.18 Å². The molecule has 0 fully saturated rings. The number of nitrogens with two attached hydrogens (primary N) is 1. The maximum absolute atomic E-state index is 13.3. The van der Waals surface area contributed by atoms with Crippen LogP contribution in [0.1, 0.15) is 31.4 Å². The first-order valence-electron chi connectivity index (χ1n) is 11.0. The van der Waals surface area contributed by atoms with Crippen LogP contribution in [0.4, 0.5) is 4.39 Å². The monoisotopic (exact) mass is 446 g/mol. The van der Waals surface area contributed by atoms with Gasteiger partial charge in [-0.2, -0.15) is 5.10 Å². The summed E-state index contributed by atoms with van der Waals surface area (Å²) < 4.78 is 21.4. The van der Waals surface area contributed by atoms with E-state index in [4.69, 9.17) is 10.5 Å². The van der Waals surface area contributed by atoms with Crippen molar-refractivity contribution in [1.82, 2.24) is 15.1 Å². The molecule has 6 nitrogen and oxygen atoms in total. The van der Waals surface area contributed by atoms with Gasteiger partial charge in [-0.3, -0.25) is 4.79 Å². The molecule has 3 N–H and O–H groups in total. The van der Waals surface area contributed by atoms with Crippen LogP contribution in [0.25, 0.3) is 16.6 Å². The van der Waals surface area contributed by atoms with Crippen LogP contribution in [0.2, 0.25) is 0 Å². The minimum Gasteiger partial charge on any atom is -0.484 e. The third-order valence-electron chi connectivity index (χ3n) is 5.45. The Morgan fingerprint density at radius 2 is 1.88 bits per heavy atom. The highest BCUT2D eigenvalue weighted by molar-refractivity contribution is 5.81. The van der Waals surface area contributed by atoms with Crippen LogP contribution < -0.4 is 15.8 Å². The highest BCUT2D eigenvalue weighted by Gasteiger charge is 2.23. The number of benzene rings is 3. The number of ether oxygens (including phenoxy) is 1. The number of fused-ring (bicyclic) bond motifs is 1. The molecule has 0 aliphatic heterocycles. The molecule has 4 rings (SSSR count). The summed E-state index contributed by atoms with van der Waals surface area (Å²) in [6.45, 7) is 2.41. The average Bonchev–Trinajstić information content (AvgIpc) is 3.25.